The highest BCUT2D eigenvalue weighted by Crippen LogP contribution is 2.13. The van der Waals surface area contributed by atoms with Crippen molar-refractivity contribution in [2.45, 2.75) is 25.4 Å². The van der Waals surface area contributed by atoms with Gasteiger partial charge < -0.3 is 4.74 Å². The van der Waals surface area contributed by atoms with Crippen LogP contribution in [0.25, 0.3) is 0 Å². The molecule has 0 bridgehead atoms. The highest BCUT2D eigenvalue weighted by Gasteiger charge is 2.17. The quantitative estimate of drug-likeness (QED) is 0.766. The first-order valence-corrected chi connectivity index (χ1v) is 6.74. The van der Waals surface area contributed by atoms with Gasteiger partial charge in [-0.15, -0.1) is 0 Å². The number of ketones is 1. The lowest BCUT2D eigenvalue weighted by atomic mass is 10.1. The maximum absolute atomic E-state index is 13.1. The number of hydrogen-bond donors (Lipinski definition) is 0. The average Bonchev–Trinajstić information content (AvgIpc) is 2.39. The molecule has 1 saturated heterocycles. The fourth-order valence-electron chi connectivity index (χ4n) is 2.36. The van der Waals surface area contributed by atoms with Crippen LogP contribution < -0.4 is 0 Å². The van der Waals surface area contributed by atoms with E-state index in [9.17, 15) is 9.18 Å². The van der Waals surface area contributed by atoms with E-state index in [1.54, 1.807) is 12.1 Å². The molecule has 4 heteroatoms. The Morgan fingerprint density at radius 2 is 2.32 bits per heavy atom. The van der Waals surface area contributed by atoms with Gasteiger partial charge in [-0.3, -0.25) is 9.69 Å². The van der Waals surface area contributed by atoms with Crippen LogP contribution in [-0.2, 0) is 4.74 Å². The van der Waals surface area contributed by atoms with Crippen LogP contribution in [0.5, 0.6) is 0 Å². The van der Waals surface area contributed by atoms with Gasteiger partial charge >= 0.3 is 0 Å². The molecule has 1 atom stereocenters. The normalized spacial score (nSPS) is 19.6. The zero-order valence-corrected chi connectivity index (χ0v) is 11.3. The minimum atomic E-state index is -0.371. The van der Waals surface area contributed by atoms with Gasteiger partial charge in [0.1, 0.15) is 5.82 Å². The molecule has 104 valence electrons. The fraction of sp³-hybridized carbons (Fsp3) is 0.533. The zero-order valence-electron chi connectivity index (χ0n) is 11.3. The third-order valence-corrected chi connectivity index (χ3v) is 3.35. The Balaban J connectivity index is 1.84. The first kappa shape index (κ1) is 14.2. The van der Waals surface area contributed by atoms with E-state index in [0.717, 1.165) is 26.0 Å². The summed E-state index contributed by atoms with van der Waals surface area (Å²) in [6.45, 7) is 1.86. The molecule has 1 fully saturated rings. The van der Waals surface area contributed by atoms with Crippen LogP contribution in [0, 0.1) is 5.82 Å². The number of halogens is 1. The zero-order chi connectivity index (χ0) is 13.7. The van der Waals surface area contributed by atoms with Crippen molar-refractivity contribution in [1.29, 1.82) is 0 Å². The number of Topliss-reactive ketones (excluding diaryl/α,β-unsaturated/α-hetero) is 1. The SMILES string of the molecule is CN(CC(=O)c1cccc(F)c1)CC1CCCCO1. The minimum absolute atomic E-state index is 0.0576. The summed E-state index contributed by atoms with van der Waals surface area (Å²) in [5.41, 5.74) is 0.427. The van der Waals surface area contributed by atoms with E-state index >= 15 is 0 Å². The second-order valence-electron chi connectivity index (χ2n) is 5.12. The van der Waals surface area contributed by atoms with Crippen molar-refractivity contribution < 1.29 is 13.9 Å². The number of hydrogen-bond acceptors (Lipinski definition) is 3. The van der Waals surface area contributed by atoms with Crippen molar-refractivity contribution in [3.63, 3.8) is 0 Å². The minimum Gasteiger partial charge on any atom is -0.377 e. The Kier molecular flexibility index (Phi) is 5.05. The first-order valence-electron chi connectivity index (χ1n) is 6.74. The molecule has 1 aliphatic rings. The smallest absolute Gasteiger partial charge is 0.176 e. The second kappa shape index (κ2) is 6.78. The summed E-state index contributed by atoms with van der Waals surface area (Å²) in [5, 5.41) is 0. The van der Waals surface area contributed by atoms with Gasteiger partial charge in [0.05, 0.1) is 12.6 Å². The van der Waals surface area contributed by atoms with Crippen molar-refractivity contribution >= 4 is 5.78 Å². The van der Waals surface area contributed by atoms with Crippen molar-refractivity contribution in [3.8, 4) is 0 Å². The number of likely N-dealkylation sites (N-methyl/N-ethyl adjacent to an activating group) is 1. The molecule has 0 amide bonds. The summed E-state index contributed by atoms with van der Waals surface area (Å²) in [4.78, 5) is 13.9. The lowest BCUT2D eigenvalue weighted by molar-refractivity contribution is -0.000671. The predicted octanol–water partition coefficient (Wildman–Crippen LogP) is 2.51. The Hall–Kier alpha value is -1.26. The van der Waals surface area contributed by atoms with Crippen LogP contribution >= 0.6 is 0 Å². The monoisotopic (exact) mass is 265 g/mol. The predicted molar refractivity (Wildman–Crippen MR) is 71.8 cm³/mol. The van der Waals surface area contributed by atoms with Gasteiger partial charge in [0.2, 0.25) is 0 Å². The van der Waals surface area contributed by atoms with E-state index in [2.05, 4.69) is 0 Å². The second-order valence-corrected chi connectivity index (χ2v) is 5.12. The summed E-state index contributed by atoms with van der Waals surface area (Å²) >= 11 is 0. The first-order chi connectivity index (χ1) is 9.15. The van der Waals surface area contributed by atoms with Gasteiger partial charge in [-0.2, -0.15) is 0 Å². The van der Waals surface area contributed by atoms with Crippen molar-refractivity contribution in [3.05, 3.63) is 35.6 Å². The van der Waals surface area contributed by atoms with Crippen LogP contribution in [0.2, 0.25) is 0 Å². The average molecular weight is 265 g/mol. The Labute approximate surface area is 113 Å². The van der Waals surface area contributed by atoms with Crippen LogP contribution in [0.3, 0.4) is 0 Å². The number of rotatable bonds is 5. The largest absolute Gasteiger partial charge is 0.377 e. The molecule has 3 nitrogen and oxygen atoms in total. The number of carbonyl (C=O) groups is 1. The molecule has 0 spiro atoms. The van der Waals surface area contributed by atoms with Crippen LogP contribution in [0.1, 0.15) is 29.6 Å². The maximum Gasteiger partial charge on any atom is 0.176 e. The van der Waals surface area contributed by atoms with Crippen molar-refractivity contribution in [1.82, 2.24) is 4.90 Å². The maximum atomic E-state index is 13.1. The van der Waals surface area contributed by atoms with Gasteiger partial charge in [0, 0.05) is 18.7 Å². The van der Waals surface area contributed by atoms with Gasteiger partial charge in [-0.05, 0) is 38.4 Å². The summed E-state index contributed by atoms with van der Waals surface area (Å²) in [6, 6.07) is 5.84. The molecule has 2 rings (SSSR count). The van der Waals surface area contributed by atoms with E-state index < -0.39 is 0 Å². The molecule has 1 aliphatic heterocycles. The lowest BCUT2D eigenvalue weighted by Crippen LogP contribution is -2.36. The van der Waals surface area contributed by atoms with E-state index in [1.807, 2.05) is 11.9 Å². The Morgan fingerprint density at radius 3 is 3.00 bits per heavy atom. The Morgan fingerprint density at radius 1 is 1.47 bits per heavy atom. The molecule has 1 unspecified atom stereocenters. The van der Waals surface area contributed by atoms with Gasteiger partial charge in [0.25, 0.3) is 0 Å². The van der Waals surface area contributed by atoms with Gasteiger partial charge in [-0.1, -0.05) is 12.1 Å². The molecule has 1 aromatic rings. The van der Waals surface area contributed by atoms with Crippen molar-refractivity contribution in [2.75, 3.05) is 26.7 Å². The lowest BCUT2D eigenvalue weighted by Gasteiger charge is -2.27. The highest BCUT2D eigenvalue weighted by molar-refractivity contribution is 5.97. The summed E-state index contributed by atoms with van der Waals surface area (Å²) in [5.74, 6) is -0.429. The molecular weight excluding hydrogens is 245 g/mol. The molecule has 1 heterocycles. The van der Waals surface area contributed by atoms with E-state index in [1.165, 1.54) is 18.6 Å². The van der Waals surface area contributed by atoms with E-state index in [-0.39, 0.29) is 17.7 Å². The molecule has 0 saturated carbocycles. The molecule has 19 heavy (non-hydrogen) atoms. The standard InChI is InChI=1S/C15H20FNO2/c1-17(10-14-7-2-3-8-19-14)11-15(18)12-5-4-6-13(16)9-12/h4-6,9,14H,2-3,7-8,10-11H2,1H3. The number of nitrogens with zero attached hydrogens (tertiary/aromatic N) is 1. The van der Waals surface area contributed by atoms with Gasteiger partial charge in [-0.25, -0.2) is 4.39 Å². The van der Waals surface area contributed by atoms with E-state index in [0.29, 0.717) is 12.1 Å². The van der Waals surface area contributed by atoms with E-state index in [4.69, 9.17) is 4.74 Å². The fourth-order valence-corrected chi connectivity index (χ4v) is 2.36. The Bertz CT molecular complexity index is 430. The van der Waals surface area contributed by atoms with Crippen molar-refractivity contribution in [2.24, 2.45) is 0 Å². The summed E-state index contributed by atoms with van der Waals surface area (Å²) < 4.78 is 18.7. The van der Waals surface area contributed by atoms with Crippen LogP contribution in [0.4, 0.5) is 4.39 Å². The number of benzene rings is 1. The molecule has 0 N–H and O–H groups in total. The number of ether oxygens (including phenoxy) is 1. The molecule has 0 radical (unpaired) electrons. The molecule has 0 aromatic heterocycles. The summed E-state index contributed by atoms with van der Waals surface area (Å²) in [7, 11) is 1.90. The molecular formula is C15H20FNO2. The third kappa shape index (κ3) is 4.40. The molecule has 0 aliphatic carbocycles. The van der Waals surface area contributed by atoms with Crippen LogP contribution in [0.15, 0.2) is 24.3 Å². The van der Waals surface area contributed by atoms with Gasteiger partial charge in [0.15, 0.2) is 5.78 Å². The van der Waals surface area contributed by atoms with Crippen LogP contribution in [-0.4, -0.2) is 43.5 Å². The number of carbonyl (C=O) groups excluding carboxylic acids is 1. The topological polar surface area (TPSA) is 29.5 Å². The summed E-state index contributed by atoms with van der Waals surface area (Å²) in [6.07, 6.45) is 3.59. The molecule has 1 aromatic carbocycles. The third-order valence-electron chi connectivity index (χ3n) is 3.35. The highest BCUT2D eigenvalue weighted by atomic mass is 19.1.